The Hall–Kier alpha value is -2.37. The van der Waals surface area contributed by atoms with Crippen molar-refractivity contribution in [3.8, 4) is 0 Å². The smallest absolute Gasteiger partial charge is 0.211 e. The normalized spacial score (nSPS) is 20.8. The molecule has 1 saturated heterocycles. The van der Waals surface area contributed by atoms with Crippen molar-refractivity contribution in [1.82, 2.24) is 14.4 Å². The van der Waals surface area contributed by atoms with Crippen molar-refractivity contribution in [3.63, 3.8) is 0 Å². The molecule has 0 bridgehead atoms. The zero-order valence-corrected chi connectivity index (χ0v) is 16.7. The molecule has 1 aliphatic carbocycles. The minimum Gasteiger partial charge on any atom is -0.404 e. The van der Waals surface area contributed by atoms with Gasteiger partial charge < -0.3 is 10.6 Å². The summed E-state index contributed by atoms with van der Waals surface area (Å²) in [5.41, 5.74) is 11.1. The number of aromatic nitrogens is 3. The first kappa shape index (κ1) is 18.0. The van der Waals surface area contributed by atoms with E-state index < -0.39 is 0 Å². The summed E-state index contributed by atoms with van der Waals surface area (Å²) < 4.78 is 2.11. The number of allylic oxidation sites excluding steroid dienone is 1. The molecule has 144 valence electrons. The molecule has 2 aliphatic rings. The molecule has 2 aromatic heterocycles. The lowest BCUT2D eigenvalue weighted by atomic mass is 9.77. The highest BCUT2D eigenvalue weighted by atomic mass is 15.3. The molecule has 1 saturated carbocycles. The summed E-state index contributed by atoms with van der Waals surface area (Å²) in [5, 5.41) is 0. The van der Waals surface area contributed by atoms with Gasteiger partial charge in [0, 0.05) is 55.6 Å². The fraction of sp³-hybridized carbons (Fsp3) is 0.571. The van der Waals surface area contributed by atoms with Crippen LogP contribution >= 0.6 is 0 Å². The number of fused-ring (bicyclic) bond motifs is 1. The third kappa shape index (κ3) is 3.01. The lowest BCUT2D eigenvalue weighted by molar-refractivity contribution is 0.225. The van der Waals surface area contributed by atoms with Gasteiger partial charge in [-0.3, -0.25) is 9.39 Å². The van der Waals surface area contributed by atoms with E-state index in [2.05, 4.69) is 19.3 Å². The standard InChI is InChI=1S/C21H30N6/c1-15(23-3)17(14-22)18-16(2)25-20(27-13-10-24-19(18)27)26-11-8-21(9-12-26)6-4-5-7-21/h10,13-14H,4-9,11-12,22H2,1-3H3/b17-14+,23-15?. The minimum absolute atomic E-state index is 0.601. The van der Waals surface area contributed by atoms with Crippen LogP contribution in [0.3, 0.4) is 0 Å². The average Bonchev–Trinajstić information content (AvgIpc) is 3.34. The van der Waals surface area contributed by atoms with Crippen LogP contribution in [0.2, 0.25) is 0 Å². The van der Waals surface area contributed by atoms with Crippen LogP contribution in [0.1, 0.15) is 56.7 Å². The maximum absolute atomic E-state index is 5.94. The van der Waals surface area contributed by atoms with Crippen molar-refractivity contribution >= 4 is 22.9 Å². The lowest BCUT2D eigenvalue weighted by Gasteiger charge is -2.40. The summed E-state index contributed by atoms with van der Waals surface area (Å²) >= 11 is 0. The van der Waals surface area contributed by atoms with Crippen molar-refractivity contribution in [1.29, 1.82) is 0 Å². The Morgan fingerprint density at radius 1 is 1.22 bits per heavy atom. The van der Waals surface area contributed by atoms with E-state index in [-0.39, 0.29) is 0 Å². The van der Waals surface area contributed by atoms with Crippen molar-refractivity contribution in [2.45, 2.75) is 52.4 Å². The zero-order valence-electron chi connectivity index (χ0n) is 16.7. The Balaban J connectivity index is 1.72. The van der Waals surface area contributed by atoms with E-state index in [0.717, 1.165) is 47.2 Å². The van der Waals surface area contributed by atoms with E-state index in [1.807, 2.05) is 26.2 Å². The topological polar surface area (TPSA) is 71.8 Å². The molecule has 0 aromatic carbocycles. The summed E-state index contributed by atoms with van der Waals surface area (Å²) in [5.74, 6) is 0.999. The molecule has 1 aliphatic heterocycles. The van der Waals surface area contributed by atoms with Gasteiger partial charge in [0.15, 0.2) is 0 Å². The van der Waals surface area contributed by atoms with Gasteiger partial charge in [0.05, 0.1) is 5.69 Å². The minimum atomic E-state index is 0.601. The maximum atomic E-state index is 5.94. The van der Waals surface area contributed by atoms with E-state index in [1.165, 1.54) is 38.5 Å². The molecule has 1 spiro atoms. The van der Waals surface area contributed by atoms with Crippen molar-refractivity contribution in [3.05, 3.63) is 29.9 Å². The average molecular weight is 367 g/mol. The molecule has 2 fully saturated rings. The molecule has 0 radical (unpaired) electrons. The van der Waals surface area contributed by atoms with Crippen molar-refractivity contribution in [2.75, 3.05) is 25.0 Å². The van der Waals surface area contributed by atoms with Gasteiger partial charge in [-0.05, 0) is 44.9 Å². The van der Waals surface area contributed by atoms with Gasteiger partial charge in [0.2, 0.25) is 5.95 Å². The van der Waals surface area contributed by atoms with Gasteiger partial charge in [-0.25, -0.2) is 9.97 Å². The predicted molar refractivity (Wildman–Crippen MR) is 111 cm³/mol. The Morgan fingerprint density at radius 2 is 1.93 bits per heavy atom. The largest absolute Gasteiger partial charge is 0.404 e. The number of aryl methyl sites for hydroxylation is 1. The second-order valence-electron chi connectivity index (χ2n) is 8.08. The fourth-order valence-corrected chi connectivity index (χ4v) is 4.92. The summed E-state index contributed by atoms with van der Waals surface area (Å²) in [4.78, 5) is 16.4. The molecule has 0 atom stereocenters. The third-order valence-electron chi connectivity index (χ3n) is 6.64. The van der Waals surface area contributed by atoms with Gasteiger partial charge >= 0.3 is 0 Å². The van der Waals surface area contributed by atoms with E-state index in [4.69, 9.17) is 10.7 Å². The van der Waals surface area contributed by atoms with Crippen molar-refractivity contribution in [2.24, 2.45) is 16.1 Å². The van der Waals surface area contributed by atoms with Gasteiger partial charge in [-0.2, -0.15) is 0 Å². The summed E-state index contributed by atoms with van der Waals surface area (Å²) in [7, 11) is 1.78. The second-order valence-corrected chi connectivity index (χ2v) is 8.08. The number of anilines is 1. The maximum Gasteiger partial charge on any atom is 0.211 e. The molecule has 3 heterocycles. The summed E-state index contributed by atoms with van der Waals surface area (Å²) in [6, 6.07) is 0. The first-order valence-corrected chi connectivity index (χ1v) is 10.0. The van der Waals surface area contributed by atoms with Crippen LogP contribution in [0.4, 0.5) is 5.95 Å². The number of hydrogen-bond donors (Lipinski definition) is 1. The highest BCUT2D eigenvalue weighted by molar-refractivity contribution is 6.24. The molecular formula is C21H30N6. The molecule has 0 unspecified atom stereocenters. The quantitative estimate of drug-likeness (QED) is 0.843. The van der Waals surface area contributed by atoms with Crippen LogP contribution < -0.4 is 10.6 Å². The van der Waals surface area contributed by atoms with Crippen LogP contribution in [0.15, 0.2) is 23.6 Å². The van der Waals surface area contributed by atoms with Gasteiger partial charge in [-0.1, -0.05) is 12.8 Å². The first-order chi connectivity index (χ1) is 13.1. The van der Waals surface area contributed by atoms with E-state index in [0.29, 0.717) is 5.41 Å². The number of piperidine rings is 1. The lowest BCUT2D eigenvalue weighted by Crippen LogP contribution is -2.40. The molecule has 27 heavy (non-hydrogen) atoms. The highest BCUT2D eigenvalue weighted by Gasteiger charge is 2.37. The SMILES string of the molecule is CN=C(C)/C(=C\N)c1c(C)nc(N2CCC3(CCCC3)CC2)n2ccnc12. The number of imidazole rings is 1. The van der Waals surface area contributed by atoms with Gasteiger partial charge in [0.1, 0.15) is 5.65 Å². The van der Waals surface area contributed by atoms with E-state index in [9.17, 15) is 0 Å². The molecule has 0 amide bonds. The molecule has 4 rings (SSSR count). The third-order valence-corrected chi connectivity index (χ3v) is 6.64. The molecule has 2 aromatic rings. The first-order valence-electron chi connectivity index (χ1n) is 10.0. The molecule has 6 nitrogen and oxygen atoms in total. The number of nitrogens with zero attached hydrogens (tertiary/aromatic N) is 5. The Bertz CT molecular complexity index is 891. The fourth-order valence-electron chi connectivity index (χ4n) is 4.92. The van der Waals surface area contributed by atoms with Gasteiger partial charge in [0.25, 0.3) is 0 Å². The van der Waals surface area contributed by atoms with Crippen LogP contribution in [-0.4, -0.2) is 40.2 Å². The number of hydrogen-bond acceptors (Lipinski definition) is 5. The van der Waals surface area contributed by atoms with Crippen LogP contribution in [0.5, 0.6) is 0 Å². The van der Waals surface area contributed by atoms with Crippen molar-refractivity contribution < 1.29 is 0 Å². The number of aliphatic imine (C=N–C) groups is 1. The monoisotopic (exact) mass is 366 g/mol. The van der Waals surface area contributed by atoms with Gasteiger partial charge in [-0.15, -0.1) is 0 Å². The van der Waals surface area contributed by atoms with Crippen LogP contribution in [0, 0.1) is 12.3 Å². The number of nitrogens with two attached hydrogens (primary N) is 1. The summed E-state index contributed by atoms with van der Waals surface area (Å²) in [6.07, 6.45) is 13.7. The Labute approximate surface area is 161 Å². The zero-order chi connectivity index (χ0) is 19.0. The van der Waals surface area contributed by atoms with E-state index in [1.54, 1.807) is 13.2 Å². The molecular weight excluding hydrogens is 336 g/mol. The predicted octanol–water partition coefficient (Wildman–Crippen LogP) is 3.59. The Kier molecular flexibility index (Phi) is 4.66. The highest BCUT2D eigenvalue weighted by Crippen LogP contribution is 2.46. The summed E-state index contributed by atoms with van der Waals surface area (Å²) in [6.45, 7) is 6.17. The molecule has 6 heteroatoms. The number of rotatable bonds is 3. The van der Waals surface area contributed by atoms with Crippen LogP contribution in [-0.2, 0) is 0 Å². The molecule has 2 N–H and O–H groups in total. The van der Waals surface area contributed by atoms with Crippen LogP contribution in [0.25, 0.3) is 11.2 Å². The Morgan fingerprint density at radius 3 is 2.56 bits per heavy atom. The van der Waals surface area contributed by atoms with E-state index >= 15 is 0 Å². The second kappa shape index (κ2) is 6.98.